The molecule has 0 spiro atoms. The van der Waals surface area contributed by atoms with Crippen molar-refractivity contribution in [3.63, 3.8) is 0 Å². The zero-order valence-electron chi connectivity index (χ0n) is 15.1. The van der Waals surface area contributed by atoms with Crippen LogP contribution in [0.1, 0.15) is 35.8 Å². The maximum Gasteiger partial charge on any atom is 0.273 e. The molecule has 7 heteroatoms. The summed E-state index contributed by atoms with van der Waals surface area (Å²) in [5, 5.41) is 5.59. The van der Waals surface area contributed by atoms with E-state index in [0.717, 1.165) is 49.0 Å². The van der Waals surface area contributed by atoms with Crippen molar-refractivity contribution in [1.82, 2.24) is 9.88 Å². The molecule has 6 nitrogen and oxygen atoms in total. The number of thiazole rings is 1. The van der Waals surface area contributed by atoms with E-state index in [9.17, 15) is 4.79 Å². The number of fused-ring (bicyclic) bond motifs is 1. The molecule has 2 aliphatic rings. The van der Waals surface area contributed by atoms with Crippen LogP contribution < -0.4 is 14.8 Å². The SMILES string of the molecule is CNc1nc(C(=O)N2CCCC(C)(Cc3ccc4c(c3)OCO4)C2)cs1. The molecule has 138 valence electrons. The Labute approximate surface area is 157 Å². The molecular formula is C19H23N3O3S. The summed E-state index contributed by atoms with van der Waals surface area (Å²) in [4.78, 5) is 19.1. The molecule has 1 atom stereocenters. The van der Waals surface area contributed by atoms with E-state index >= 15 is 0 Å². The maximum atomic E-state index is 12.8. The molecule has 1 fully saturated rings. The molecular weight excluding hydrogens is 350 g/mol. The third kappa shape index (κ3) is 3.35. The number of rotatable bonds is 4. The van der Waals surface area contributed by atoms with Gasteiger partial charge in [0, 0.05) is 25.5 Å². The summed E-state index contributed by atoms with van der Waals surface area (Å²) in [6, 6.07) is 6.13. The van der Waals surface area contributed by atoms with E-state index in [-0.39, 0.29) is 11.3 Å². The molecule has 0 aliphatic carbocycles. The molecule has 1 unspecified atom stereocenters. The number of hydrogen-bond acceptors (Lipinski definition) is 6. The number of carbonyl (C=O) groups excluding carboxylic acids is 1. The minimum absolute atomic E-state index is 0.0272. The lowest BCUT2D eigenvalue weighted by Gasteiger charge is -2.40. The number of nitrogens with zero attached hydrogens (tertiary/aromatic N) is 2. The monoisotopic (exact) mass is 373 g/mol. The molecule has 1 aromatic carbocycles. The fourth-order valence-corrected chi connectivity index (χ4v) is 4.47. The number of amides is 1. The van der Waals surface area contributed by atoms with Crippen LogP contribution in [0.3, 0.4) is 0 Å². The number of aromatic nitrogens is 1. The molecule has 26 heavy (non-hydrogen) atoms. The molecule has 4 rings (SSSR count). The van der Waals surface area contributed by atoms with Gasteiger partial charge in [-0.25, -0.2) is 4.98 Å². The van der Waals surface area contributed by atoms with Gasteiger partial charge in [0.15, 0.2) is 16.6 Å². The van der Waals surface area contributed by atoms with Crippen LogP contribution in [-0.4, -0.2) is 42.7 Å². The van der Waals surface area contributed by atoms with E-state index in [1.807, 2.05) is 23.4 Å². The van der Waals surface area contributed by atoms with Crippen LogP contribution in [-0.2, 0) is 6.42 Å². The highest BCUT2D eigenvalue weighted by atomic mass is 32.1. The summed E-state index contributed by atoms with van der Waals surface area (Å²) in [6.45, 7) is 4.09. The van der Waals surface area contributed by atoms with Gasteiger partial charge in [-0.2, -0.15) is 0 Å². The Hall–Kier alpha value is -2.28. The minimum atomic E-state index is 0.0272. The second kappa shape index (κ2) is 6.79. The van der Waals surface area contributed by atoms with Crippen LogP contribution in [0, 0.1) is 5.41 Å². The molecule has 2 aromatic rings. The standard InChI is InChI=1S/C19H23N3O3S/c1-19(9-13-4-5-15-16(8-13)25-12-24-15)6-3-7-22(11-19)17(23)14-10-26-18(20-2)21-14/h4-5,8,10H,3,6-7,9,11-12H2,1-2H3,(H,20,21). The van der Waals surface area contributed by atoms with E-state index in [1.54, 1.807) is 0 Å². The summed E-state index contributed by atoms with van der Waals surface area (Å²) < 4.78 is 10.9. The Kier molecular flexibility index (Phi) is 4.48. The molecule has 0 radical (unpaired) electrons. The van der Waals surface area contributed by atoms with Crippen molar-refractivity contribution in [3.05, 3.63) is 34.8 Å². The van der Waals surface area contributed by atoms with Crippen LogP contribution in [0.25, 0.3) is 0 Å². The molecule has 1 aromatic heterocycles. The number of anilines is 1. The van der Waals surface area contributed by atoms with E-state index < -0.39 is 0 Å². The summed E-state index contributed by atoms with van der Waals surface area (Å²) in [7, 11) is 1.82. The van der Waals surface area contributed by atoms with Gasteiger partial charge in [-0.15, -0.1) is 11.3 Å². The molecule has 1 amide bonds. The number of nitrogens with one attached hydrogen (secondary N) is 1. The number of ether oxygens (including phenoxy) is 2. The molecule has 0 saturated carbocycles. The largest absolute Gasteiger partial charge is 0.454 e. The first-order valence-electron chi connectivity index (χ1n) is 8.87. The fourth-order valence-electron chi connectivity index (χ4n) is 3.83. The zero-order chi connectivity index (χ0) is 18.1. The Balaban J connectivity index is 1.47. The lowest BCUT2D eigenvalue weighted by Crippen LogP contribution is -2.45. The van der Waals surface area contributed by atoms with Crippen molar-refractivity contribution in [1.29, 1.82) is 0 Å². The van der Waals surface area contributed by atoms with Crippen LogP contribution in [0.4, 0.5) is 5.13 Å². The second-order valence-corrected chi connectivity index (χ2v) is 8.15. The zero-order valence-corrected chi connectivity index (χ0v) is 15.9. The highest BCUT2D eigenvalue weighted by Crippen LogP contribution is 2.38. The molecule has 0 bridgehead atoms. The maximum absolute atomic E-state index is 12.8. The topological polar surface area (TPSA) is 63.7 Å². The van der Waals surface area contributed by atoms with Crippen LogP contribution in [0.2, 0.25) is 0 Å². The van der Waals surface area contributed by atoms with Gasteiger partial charge in [0.2, 0.25) is 6.79 Å². The average Bonchev–Trinajstić information content (AvgIpc) is 3.29. The van der Waals surface area contributed by atoms with Crippen molar-refractivity contribution < 1.29 is 14.3 Å². The number of benzene rings is 1. The lowest BCUT2D eigenvalue weighted by atomic mass is 9.77. The Bertz CT molecular complexity index is 822. The normalized spacial score (nSPS) is 21.7. The number of carbonyl (C=O) groups is 1. The van der Waals surface area contributed by atoms with Gasteiger partial charge in [-0.3, -0.25) is 4.79 Å². The summed E-state index contributed by atoms with van der Waals surface area (Å²) >= 11 is 1.46. The summed E-state index contributed by atoms with van der Waals surface area (Å²) in [5.74, 6) is 1.65. The third-order valence-corrected chi connectivity index (χ3v) is 5.93. The summed E-state index contributed by atoms with van der Waals surface area (Å²) in [6.07, 6.45) is 3.02. The van der Waals surface area contributed by atoms with Crippen molar-refractivity contribution in [2.75, 3.05) is 32.2 Å². The Morgan fingerprint density at radius 3 is 3.04 bits per heavy atom. The number of hydrogen-bond donors (Lipinski definition) is 1. The average molecular weight is 373 g/mol. The van der Waals surface area contributed by atoms with Gasteiger partial charge in [-0.1, -0.05) is 13.0 Å². The van der Waals surface area contributed by atoms with E-state index in [1.165, 1.54) is 16.9 Å². The first kappa shape index (κ1) is 17.1. The fraction of sp³-hybridized carbons (Fsp3) is 0.474. The minimum Gasteiger partial charge on any atom is -0.454 e. The smallest absolute Gasteiger partial charge is 0.273 e. The first-order valence-corrected chi connectivity index (χ1v) is 9.75. The van der Waals surface area contributed by atoms with Crippen LogP contribution in [0.15, 0.2) is 23.6 Å². The predicted molar refractivity (Wildman–Crippen MR) is 101 cm³/mol. The van der Waals surface area contributed by atoms with Crippen molar-refractivity contribution in [2.45, 2.75) is 26.2 Å². The summed E-state index contributed by atoms with van der Waals surface area (Å²) in [5.41, 5.74) is 1.80. The van der Waals surface area contributed by atoms with Crippen LogP contribution >= 0.6 is 11.3 Å². The van der Waals surface area contributed by atoms with Gasteiger partial charge in [0.25, 0.3) is 5.91 Å². The molecule has 1 saturated heterocycles. The van der Waals surface area contributed by atoms with Gasteiger partial charge in [0.05, 0.1) is 0 Å². The number of piperidine rings is 1. The first-order chi connectivity index (χ1) is 12.6. The van der Waals surface area contributed by atoms with Crippen molar-refractivity contribution >= 4 is 22.4 Å². The van der Waals surface area contributed by atoms with Crippen LogP contribution in [0.5, 0.6) is 11.5 Å². The quantitative estimate of drug-likeness (QED) is 0.890. The van der Waals surface area contributed by atoms with E-state index in [2.05, 4.69) is 29.4 Å². The van der Waals surface area contributed by atoms with Gasteiger partial charge < -0.3 is 19.7 Å². The van der Waals surface area contributed by atoms with Crippen molar-refractivity contribution in [3.8, 4) is 11.5 Å². The number of likely N-dealkylation sites (tertiary alicyclic amines) is 1. The second-order valence-electron chi connectivity index (χ2n) is 7.29. The Morgan fingerprint density at radius 1 is 1.38 bits per heavy atom. The lowest BCUT2D eigenvalue weighted by molar-refractivity contribution is 0.0546. The third-order valence-electron chi connectivity index (χ3n) is 5.07. The predicted octanol–water partition coefficient (Wildman–Crippen LogP) is 3.40. The van der Waals surface area contributed by atoms with Gasteiger partial charge in [0.1, 0.15) is 5.69 Å². The molecule has 2 aliphatic heterocycles. The van der Waals surface area contributed by atoms with Gasteiger partial charge >= 0.3 is 0 Å². The highest BCUT2D eigenvalue weighted by molar-refractivity contribution is 7.13. The molecule has 3 heterocycles. The Morgan fingerprint density at radius 2 is 2.23 bits per heavy atom. The molecule has 1 N–H and O–H groups in total. The highest BCUT2D eigenvalue weighted by Gasteiger charge is 2.34. The van der Waals surface area contributed by atoms with Crippen molar-refractivity contribution in [2.24, 2.45) is 5.41 Å². The van der Waals surface area contributed by atoms with E-state index in [0.29, 0.717) is 12.5 Å². The van der Waals surface area contributed by atoms with E-state index in [4.69, 9.17) is 9.47 Å². The van der Waals surface area contributed by atoms with Gasteiger partial charge in [-0.05, 0) is 42.4 Å².